The van der Waals surface area contributed by atoms with Crippen LogP contribution in [0.5, 0.6) is 5.75 Å². The van der Waals surface area contributed by atoms with Gasteiger partial charge >= 0.3 is 0 Å². The van der Waals surface area contributed by atoms with E-state index in [1.807, 2.05) is 0 Å². The highest BCUT2D eigenvalue weighted by molar-refractivity contribution is 9.10. The van der Waals surface area contributed by atoms with E-state index in [1.165, 1.54) is 0 Å². The first kappa shape index (κ1) is 16.5. The highest BCUT2D eigenvalue weighted by Crippen LogP contribution is 2.25. The molecule has 0 heterocycles. The van der Waals surface area contributed by atoms with Gasteiger partial charge in [0, 0.05) is 12.0 Å². The Morgan fingerprint density at radius 1 is 1.25 bits per heavy atom. The number of methoxy groups -OCH3 is 1. The van der Waals surface area contributed by atoms with Gasteiger partial charge in [0.15, 0.2) is 0 Å². The van der Waals surface area contributed by atoms with Crippen LogP contribution in [0.3, 0.4) is 0 Å². The van der Waals surface area contributed by atoms with Crippen LogP contribution in [0.1, 0.15) is 43.0 Å². The van der Waals surface area contributed by atoms with Crippen LogP contribution in [0.2, 0.25) is 0 Å². The molecule has 0 unspecified atom stereocenters. The van der Waals surface area contributed by atoms with Gasteiger partial charge < -0.3 is 4.74 Å². The molecule has 20 heavy (non-hydrogen) atoms. The number of hydrogen-bond donors (Lipinski definition) is 2. The molecule has 1 aromatic carbocycles. The fraction of sp³-hybridized carbons (Fsp3) is 0.429. The minimum atomic E-state index is -0.364. The second-order valence-corrected chi connectivity index (χ2v) is 5.16. The number of unbranched alkanes of at least 4 members (excludes halogenated alkanes) is 2. The number of hydrazine groups is 1. The first-order chi connectivity index (χ1) is 9.58. The molecule has 0 bridgehead atoms. The molecule has 5 nitrogen and oxygen atoms in total. The Labute approximate surface area is 127 Å². The van der Waals surface area contributed by atoms with E-state index in [9.17, 15) is 9.59 Å². The first-order valence-electron chi connectivity index (χ1n) is 6.51. The molecule has 0 aliphatic rings. The van der Waals surface area contributed by atoms with Crippen molar-refractivity contribution in [2.75, 3.05) is 7.11 Å². The topological polar surface area (TPSA) is 67.4 Å². The van der Waals surface area contributed by atoms with Gasteiger partial charge in [-0.3, -0.25) is 20.4 Å². The summed E-state index contributed by atoms with van der Waals surface area (Å²) in [5, 5.41) is 0. The zero-order valence-corrected chi connectivity index (χ0v) is 13.2. The van der Waals surface area contributed by atoms with Crippen molar-refractivity contribution >= 4 is 27.7 Å². The summed E-state index contributed by atoms with van der Waals surface area (Å²) in [7, 11) is 1.55. The van der Waals surface area contributed by atoms with E-state index in [-0.39, 0.29) is 11.8 Å². The standard InChI is InChI=1S/C14H19BrN2O3/c1-3-4-5-6-13(18)16-17-14(19)10-7-8-12(20-2)11(15)9-10/h7-9H,3-6H2,1-2H3,(H,16,18)(H,17,19). The van der Waals surface area contributed by atoms with E-state index in [0.29, 0.717) is 22.2 Å². The summed E-state index contributed by atoms with van der Waals surface area (Å²) in [6.07, 6.45) is 3.30. The van der Waals surface area contributed by atoms with Crippen LogP contribution in [0, 0.1) is 0 Å². The van der Waals surface area contributed by atoms with E-state index in [2.05, 4.69) is 33.7 Å². The minimum absolute atomic E-state index is 0.181. The third-order valence-electron chi connectivity index (χ3n) is 2.74. The Balaban J connectivity index is 2.46. The molecular formula is C14H19BrN2O3. The van der Waals surface area contributed by atoms with Crippen LogP contribution < -0.4 is 15.6 Å². The van der Waals surface area contributed by atoms with Crippen LogP contribution in [-0.2, 0) is 4.79 Å². The number of amides is 2. The molecule has 1 rings (SSSR count). The maximum absolute atomic E-state index is 11.8. The van der Waals surface area contributed by atoms with Crippen LogP contribution in [0.25, 0.3) is 0 Å². The Morgan fingerprint density at radius 3 is 2.60 bits per heavy atom. The van der Waals surface area contributed by atoms with Crippen molar-refractivity contribution in [1.82, 2.24) is 10.9 Å². The van der Waals surface area contributed by atoms with Gasteiger partial charge in [-0.1, -0.05) is 19.8 Å². The van der Waals surface area contributed by atoms with Crippen LogP contribution in [0.15, 0.2) is 22.7 Å². The number of hydrogen-bond acceptors (Lipinski definition) is 3. The number of carbonyl (C=O) groups is 2. The third-order valence-corrected chi connectivity index (χ3v) is 3.36. The van der Waals surface area contributed by atoms with Gasteiger partial charge in [0.2, 0.25) is 5.91 Å². The summed E-state index contributed by atoms with van der Waals surface area (Å²) >= 11 is 3.31. The molecule has 6 heteroatoms. The van der Waals surface area contributed by atoms with Gasteiger partial charge in [-0.15, -0.1) is 0 Å². The van der Waals surface area contributed by atoms with E-state index < -0.39 is 0 Å². The van der Waals surface area contributed by atoms with Crippen molar-refractivity contribution in [3.05, 3.63) is 28.2 Å². The maximum Gasteiger partial charge on any atom is 0.269 e. The van der Waals surface area contributed by atoms with Crippen molar-refractivity contribution < 1.29 is 14.3 Å². The molecule has 0 aromatic heterocycles. The number of halogens is 1. The normalized spacial score (nSPS) is 9.95. The molecular weight excluding hydrogens is 324 g/mol. The van der Waals surface area contributed by atoms with E-state index in [0.717, 1.165) is 19.3 Å². The summed E-state index contributed by atoms with van der Waals surface area (Å²) in [6.45, 7) is 2.07. The lowest BCUT2D eigenvalue weighted by Gasteiger charge is -2.09. The highest BCUT2D eigenvalue weighted by atomic mass is 79.9. The molecule has 0 aliphatic carbocycles. The zero-order valence-electron chi connectivity index (χ0n) is 11.7. The maximum atomic E-state index is 11.8. The molecule has 0 fully saturated rings. The molecule has 0 atom stereocenters. The van der Waals surface area contributed by atoms with Crippen molar-refractivity contribution in [2.45, 2.75) is 32.6 Å². The van der Waals surface area contributed by atoms with Gasteiger partial charge in [-0.05, 0) is 40.5 Å². The summed E-state index contributed by atoms with van der Waals surface area (Å²) < 4.78 is 5.77. The molecule has 0 spiro atoms. The van der Waals surface area contributed by atoms with Crippen molar-refractivity contribution in [1.29, 1.82) is 0 Å². The zero-order chi connectivity index (χ0) is 15.0. The van der Waals surface area contributed by atoms with E-state index >= 15 is 0 Å². The number of nitrogens with one attached hydrogen (secondary N) is 2. The lowest BCUT2D eigenvalue weighted by molar-refractivity contribution is -0.121. The Morgan fingerprint density at radius 2 is 2.00 bits per heavy atom. The van der Waals surface area contributed by atoms with Gasteiger partial charge in [0.1, 0.15) is 5.75 Å². The summed E-state index contributed by atoms with van der Waals surface area (Å²) in [5.41, 5.74) is 5.23. The number of benzene rings is 1. The van der Waals surface area contributed by atoms with Crippen LogP contribution >= 0.6 is 15.9 Å². The molecule has 0 radical (unpaired) electrons. The highest BCUT2D eigenvalue weighted by Gasteiger charge is 2.09. The van der Waals surface area contributed by atoms with Crippen molar-refractivity contribution in [2.24, 2.45) is 0 Å². The van der Waals surface area contributed by atoms with Gasteiger partial charge in [0.25, 0.3) is 5.91 Å². The second kappa shape index (κ2) is 8.58. The quantitative estimate of drug-likeness (QED) is 0.617. The largest absolute Gasteiger partial charge is 0.496 e. The fourth-order valence-corrected chi connectivity index (χ4v) is 2.14. The molecule has 1 aromatic rings. The Kier molecular flexibility index (Phi) is 7.08. The van der Waals surface area contributed by atoms with Gasteiger partial charge in [0.05, 0.1) is 11.6 Å². The van der Waals surface area contributed by atoms with Crippen LogP contribution in [-0.4, -0.2) is 18.9 Å². The van der Waals surface area contributed by atoms with E-state index in [1.54, 1.807) is 25.3 Å². The lowest BCUT2D eigenvalue weighted by Crippen LogP contribution is -2.41. The summed E-state index contributed by atoms with van der Waals surface area (Å²) in [4.78, 5) is 23.3. The Hall–Kier alpha value is -1.56. The Bertz CT molecular complexity index is 477. The fourth-order valence-electron chi connectivity index (χ4n) is 1.60. The summed E-state index contributed by atoms with van der Waals surface area (Å²) in [5.74, 6) is 0.0988. The lowest BCUT2D eigenvalue weighted by atomic mass is 10.2. The molecule has 110 valence electrons. The van der Waals surface area contributed by atoms with Crippen molar-refractivity contribution in [3.8, 4) is 5.75 Å². The van der Waals surface area contributed by atoms with E-state index in [4.69, 9.17) is 4.74 Å². The molecule has 0 aliphatic heterocycles. The van der Waals surface area contributed by atoms with Gasteiger partial charge in [-0.2, -0.15) is 0 Å². The molecule has 0 saturated heterocycles. The summed E-state index contributed by atoms with van der Waals surface area (Å²) in [6, 6.07) is 4.95. The molecule has 2 N–H and O–H groups in total. The average molecular weight is 343 g/mol. The first-order valence-corrected chi connectivity index (χ1v) is 7.30. The predicted octanol–water partition coefficient (Wildman–Crippen LogP) is 2.80. The SMILES string of the molecule is CCCCCC(=O)NNC(=O)c1ccc(OC)c(Br)c1. The molecule has 0 saturated carbocycles. The number of rotatable bonds is 6. The average Bonchev–Trinajstić information content (AvgIpc) is 2.45. The molecule has 2 amide bonds. The number of ether oxygens (including phenoxy) is 1. The third kappa shape index (κ3) is 5.21. The number of carbonyl (C=O) groups excluding carboxylic acids is 2. The second-order valence-electron chi connectivity index (χ2n) is 4.31. The van der Waals surface area contributed by atoms with Gasteiger partial charge in [-0.25, -0.2) is 0 Å². The monoisotopic (exact) mass is 342 g/mol. The minimum Gasteiger partial charge on any atom is -0.496 e. The van der Waals surface area contributed by atoms with Crippen molar-refractivity contribution in [3.63, 3.8) is 0 Å². The predicted molar refractivity (Wildman–Crippen MR) is 80.4 cm³/mol. The van der Waals surface area contributed by atoms with Crippen LogP contribution in [0.4, 0.5) is 0 Å². The smallest absolute Gasteiger partial charge is 0.269 e.